The SMILES string of the molecule is NNC(=O)CCCCCN1C(=O)[C@@H]2C3c4ccccc4C(CO)(c4ccccc43)[C@@H]2C1=O. The van der Waals surface area contributed by atoms with E-state index in [1.165, 1.54) is 4.90 Å². The van der Waals surface area contributed by atoms with Crippen LogP contribution in [0, 0.1) is 11.8 Å². The predicted octanol–water partition coefficient (Wildman–Crippen LogP) is 1.58. The molecule has 2 aromatic carbocycles. The van der Waals surface area contributed by atoms with E-state index in [9.17, 15) is 19.5 Å². The van der Waals surface area contributed by atoms with Gasteiger partial charge >= 0.3 is 0 Å². The van der Waals surface area contributed by atoms with E-state index in [-0.39, 0.29) is 30.2 Å². The van der Waals surface area contributed by atoms with Crippen molar-refractivity contribution in [2.75, 3.05) is 13.2 Å². The second-order valence-electron chi connectivity index (χ2n) is 8.99. The third kappa shape index (κ3) is 2.71. The summed E-state index contributed by atoms with van der Waals surface area (Å²) in [6.45, 7) is 0.103. The number of hydrogen-bond donors (Lipinski definition) is 3. The van der Waals surface area contributed by atoms with Crippen LogP contribution in [0.25, 0.3) is 0 Å². The van der Waals surface area contributed by atoms with Crippen LogP contribution in [0.1, 0.15) is 53.9 Å². The fourth-order valence-electron chi connectivity index (χ4n) is 6.28. The number of imide groups is 1. The van der Waals surface area contributed by atoms with E-state index in [2.05, 4.69) is 5.43 Å². The molecule has 166 valence electrons. The van der Waals surface area contributed by atoms with Crippen LogP contribution in [0.5, 0.6) is 0 Å². The predicted molar refractivity (Wildman–Crippen MR) is 117 cm³/mol. The summed E-state index contributed by atoms with van der Waals surface area (Å²) in [5.74, 6) is 3.26. The molecule has 2 aromatic rings. The Kier molecular flexibility index (Phi) is 5.10. The zero-order valence-electron chi connectivity index (χ0n) is 17.8. The van der Waals surface area contributed by atoms with Crippen molar-refractivity contribution in [2.24, 2.45) is 17.7 Å². The Labute approximate surface area is 186 Å². The van der Waals surface area contributed by atoms with Crippen molar-refractivity contribution >= 4 is 17.7 Å². The van der Waals surface area contributed by atoms with Gasteiger partial charge in [0.25, 0.3) is 0 Å². The number of nitrogens with one attached hydrogen (secondary N) is 1. The minimum absolute atomic E-state index is 0.147. The summed E-state index contributed by atoms with van der Waals surface area (Å²) in [6.07, 6.45) is 2.32. The maximum atomic E-state index is 13.7. The maximum absolute atomic E-state index is 13.7. The molecule has 1 saturated heterocycles. The summed E-state index contributed by atoms with van der Waals surface area (Å²) in [7, 11) is 0. The summed E-state index contributed by atoms with van der Waals surface area (Å²) in [4.78, 5) is 39.9. The number of nitrogens with two attached hydrogens (primary N) is 1. The molecule has 4 aliphatic rings. The molecule has 3 amide bonds. The number of carbonyl (C=O) groups excluding carboxylic acids is 3. The summed E-state index contributed by atoms with van der Waals surface area (Å²) in [6, 6.07) is 15.8. The van der Waals surface area contributed by atoms with Crippen molar-refractivity contribution in [3.05, 3.63) is 70.8 Å². The van der Waals surface area contributed by atoms with Gasteiger partial charge in [0, 0.05) is 18.9 Å². The number of benzene rings is 2. The number of aliphatic hydroxyl groups is 1. The average molecular weight is 434 g/mol. The van der Waals surface area contributed by atoms with Crippen molar-refractivity contribution < 1.29 is 19.5 Å². The van der Waals surface area contributed by atoms with Crippen molar-refractivity contribution in [3.8, 4) is 0 Å². The molecule has 1 heterocycles. The fraction of sp³-hybridized carbons (Fsp3) is 0.400. The van der Waals surface area contributed by atoms with E-state index in [0.29, 0.717) is 25.8 Å². The van der Waals surface area contributed by atoms with E-state index in [1.807, 2.05) is 48.5 Å². The largest absolute Gasteiger partial charge is 0.395 e. The normalized spacial score (nSPS) is 27.2. The first-order chi connectivity index (χ1) is 15.6. The summed E-state index contributed by atoms with van der Waals surface area (Å²) in [5.41, 5.74) is 5.20. The number of rotatable bonds is 7. The standard InChI is InChI=1S/C25H27N3O4/c26-27-19(30)12-2-1-7-13-28-23(31)21-20-15-8-3-5-10-17(15)25(14-29,22(21)24(28)32)18-11-6-4-9-16(18)20/h3-6,8-11,20-22,29H,1-2,7,12-14,26H2,(H,27,30)/t20?,21-,22+,25?/m1/s1. The van der Waals surface area contributed by atoms with Crippen LogP contribution in [0.2, 0.25) is 0 Å². The Morgan fingerprint density at radius 3 is 2.19 bits per heavy atom. The van der Waals surface area contributed by atoms with Crippen LogP contribution >= 0.6 is 0 Å². The van der Waals surface area contributed by atoms with Crippen molar-refractivity contribution in [3.63, 3.8) is 0 Å². The Morgan fingerprint density at radius 2 is 1.59 bits per heavy atom. The molecule has 0 aromatic heterocycles. The van der Waals surface area contributed by atoms with E-state index in [4.69, 9.17) is 5.84 Å². The number of amides is 3. The molecule has 3 aliphatic carbocycles. The van der Waals surface area contributed by atoms with Gasteiger partial charge in [0.05, 0.1) is 23.9 Å². The van der Waals surface area contributed by atoms with Crippen molar-refractivity contribution in [2.45, 2.75) is 37.0 Å². The average Bonchev–Trinajstić information content (AvgIpc) is 3.09. The Hall–Kier alpha value is -3.03. The second-order valence-corrected chi connectivity index (χ2v) is 8.99. The molecular formula is C25H27N3O4. The van der Waals surface area contributed by atoms with E-state index in [1.54, 1.807) is 0 Å². The monoisotopic (exact) mass is 433 g/mol. The fourth-order valence-corrected chi connectivity index (χ4v) is 6.28. The molecular weight excluding hydrogens is 406 g/mol. The van der Waals surface area contributed by atoms with E-state index in [0.717, 1.165) is 28.7 Å². The van der Waals surface area contributed by atoms with Gasteiger partial charge in [-0.05, 0) is 35.1 Å². The maximum Gasteiger partial charge on any atom is 0.234 e. The number of unbranched alkanes of at least 4 members (excludes halogenated alkanes) is 2. The van der Waals surface area contributed by atoms with Crippen LogP contribution in [0.4, 0.5) is 0 Å². The molecule has 6 rings (SSSR count). The first-order valence-electron chi connectivity index (χ1n) is 11.2. The number of nitrogens with zero attached hydrogens (tertiary/aromatic N) is 1. The summed E-state index contributed by atoms with van der Waals surface area (Å²) >= 11 is 0. The number of likely N-dealkylation sites (tertiary alicyclic amines) is 1. The van der Waals surface area contributed by atoms with Gasteiger partial charge in [0.2, 0.25) is 17.7 Å². The minimum atomic E-state index is -0.909. The molecule has 7 nitrogen and oxygen atoms in total. The van der Waals surface area contributed by atoms with Crippen LogP contribution in [0.15, 0.2) is 48.5 Å². The van der Waals surface area contributed by atoms with Crippen LogP contribution in [-0.2, 0) is 19.8 Å². The molecule has 0 saturated carbocycles. The molecule has 2 atom stereocenters. The minimum Gasteiger partial charge on any atom is -0.395 e. The zero-order chi connectivity index (χ0) is 22.5. The summed E-state index contributed by atoms with van der Waals surface area (Å²) in [5, 5.41) is 10.8. The highest BCUT2D eigenvalue weighted by molar-refractivity contribution is 6.08. The highest BCUT2D eigenvalue weighted by atomic mass is 16.3. The third-order valence-corrected chi connectivity index (χ3v) is 7.58. The second kappa shape index (κ2) is 7.83. The number of carbonyl (C=O) groups is 3. The van der Waals surface area contributed by atoms with Crippen LogP contribution < -0.4 is 11.3 Å². The lowest BCUT2D eigenvalue weighted by molar-refractivity contribution is -0.140. The topological polar surface area (TPSA) is 113 Å². The van der Waals surface area contributed by atoms with E-state index < -0.39 is 17.3 Å². The lowest BCUT2D eigenvalue weighted by Crippen LogP contribution is -2.55. The zero-order valence-corrected chi connectivity index (χ0v) is 17.8. The smallest absolute Gasteiger partial charge is 0.234 e. The van der Waals surface area contributed by atoms with Gasteiger partial charge in [0.15, 0.2) is 0 Å². The van der Waals surface area contributed by atoms with Gasteiger partial charge in [-0.2, -0.15) is 0 Å². The number of aliphatic hydroxyl groups excluding tert-OH is 1. The molecule has 0 unspecified atom stereocenters. The molecule has 4 N–H and O–H groups in total. The third-order valence-electron chi connectivity index (χ3n) is 7.58. The molecule has 1 aliphatic heterocycles. The van der Waals surface area contributed by atoms with Gasteiger partial charge in [-0.15, -0.1) is 0 Å². The van der Waals surface area contributed by atoms with Gasteiger partial charge < -0.3 is 5.11 Å². The highest BCUT2D eigenvalue weighted by Crippen LogP contribution is 2.63. The molecule has 0 radical (unpaired) electrons. The number of hydrogen-bond acceptors (Lipinski definition) is 5. The molecule has 7 heteroatoms. The molecule has 0 spiro atoms. The van der Waals surface area contributed by atoms with E-state index >= 15 is 0 Å². The van der Waals surface area contributed by atoms with Crippen molar-refractivity contribution in [1.29, 1.82) is 0 Å². The first kappa shape index (κ1) is 20.8. The van der Waals surface area contributed by atoms with Crippen LogP contribution in [-0.4, -0.2) is 40.9 Å². The first-order valence-corrected chi connectivity index (χ1v) is 11.2. The number of hydrazine groups is 1. The van der Waals surface area contributed by atoms with Gasteiger partial charge in [-0.25, -0.2) is 5.84 Å². The summed E-state index contributed by atoms with van der Waals surface area (Å²) < 4.78 is 0. The Morgan fingerprint density at radius 1 is 0.969 bits per heavy atom. The molecule has 2 bridgehead atoms. The highest BCUT2D eigenvalue weighted by Gasteiger charge is 2.67. The van der Waals surface area contributed by atoms with Gasteiger partial charge in [-0.3, -0.25) is 24.7 Å². The molecule has 1 fully saturated rings. The molecule has 32 heavy (non-hydrogen) atoms. The van der Waals surface area contributed by atoms with Gasteiger partial charge in [0.1, 0.15) is 0 Å². The Bertz CT molecular complexity index is 1050. The van der Waals surface area contributed by atoms with Crippen molar-refractivity contribution in [1.82, 2.24) is 10.3 Å². The Balaban J connectivity index is 1.49. The van der Waals surface area contributed by atoms with Gasteiger partial charge in [-0.1, -0.05) is 55.0 Å². The quantitative estimate of drug-likeness (QED) is 0.202. The lowest BCUT2D eigenvalue weighted by Gasteiger charge is -2.53. The van der Waals surface area contributed by atoms with Crippen LogP contribution in [0.3, 0.4) is 0 Å². The lowest BCUT2D eigenvalue weighted by atomic mass is 9.47.